The van der Waals surface area contributed by atoms with Crippen LogP contribution in [-0.4, -0.2) is 48.9 Å². The maximum absolute atomic E-state index is 5.96. The molecule has 0 spiro atoms. The second-order valence-electron chi connectivity index (χ2n) is 6.60. The molecule has 0 amide bonds. The van der Waals surface area contributed by atoms with Crippen LogP contribution >= 0.6 is 15.9 Å². The molecule has 0 radical (unpaired) electrons. The highest BCUT2D eigenvalue weighted by molar-refractivity contribution is 9.10. The van der Waals surface area contributed by atoms with Crippen LogP contribution in [0.1, 0.15) is 5.56 Å². The summed E-state index contributed by atoms with van der Waals surface area (Å²) in [7, 11) is 0. The lowest BCUT2D eigenvalue weighted by molar-refractivity contribution is 0.0322. The van der Waals surface area contributed by atoms with E-state index in [1.165, 1.54) is 16.5 Å². The number of hydrogen-bond acceptors (Lipinski definition) is 3. The van der Waals surface area contributed by atoms with E-state index in [4.69, 9.17) is 9.47 Å². The van der Waals surface area contributed by atoms with Crippen molar-refractivity contribution in [2.45, 2.75) is 6.54 Å². The third kappa shape index (κ3) is 4.29. The van der Waals surface area contributed by atoms with Gasteiger partial charge in [-0.1, -0.05) is 28.1 Å². The van der Waals surface area contributed by atoms with Gasteiger partial charge < -0.3 is 14.0 Å². The Bertz CT molecular complexity index is 871. The summed E-state index contributed by atoms with van der Waals surface area (Å²) in [5.74, 6) is 0.936. The number of aromatic nitrogens is 1. The molecule has 0 atom stereocenters. The van der Waals surface area contributed by atoms with Crippen LogP contribution in [0.4, 0.5) is 0 Å². The van der Waals surface area contributed by atoms with Gasteiger partial charge >= 0.3 is 0 Å². The molecule has 4 rings (SSSR count). The Morgan fingerprint density at radius 1 is 1.04 bits per heavy atom. The van der Waals surface area contributed by atoms with Crippen molar-refractivity contribution in [3.8, 4) is 5.75 Å². The van der Waals surface area contributed by atoms with E-state index in [0.717, 1.165) is 49.6 Å². The lowest BCUT2D eigenvalue weighted by atomic mass is 10.2. The van der Waals surface area contributed by atoms with E-state index in [0.29, 0.717) is 6.61 Å². The zero-order chi connectivity index (χ0) is 17.8. The molecule has 5 heteroatoms. The molecule has 4 nitrogen and oxygen atoms in total. The first-order valence-electron chi connectivity index (χ1n) is 9.04. The average molecular weight is 415 g/mol. The van der Waals surface area contributed by atoms with Gasteiger partial charge in [0.15, 0.2) is 0 Å². The summed E-state index contributed by atoms with van der Waals surface area (Å²) in [6.45, 7) is 6.19. The third-order valence-electron chi connectivity index (χ3n) is 4.76. The summed E-state index contributed by atoms with van der Waals surface area (Å²) in [5, 5.41) is 1.21. The molecule has 1 aromatic heterocycles. The molecule has 26 heavy (non-hydrogen) atoms. The normalized spacial score (nSPS) is 15.4. The predicted octanol–water partition coefficient (Wildman–Crippen LogP) is 4.16. The van der Waals surface area contributed by atoms with Crippen LogP contribution in [0.25, 0.3) is 10.9 Å². The van der Waals surface area contributed by atoms with Crippen molar-refractivity contribution in [2.75, 3.05) is 39.5 Å². The standard InChI is InChI=1S/C21H23BrN2O2/c22-19-3-1-2-17(14-19)16-24-7-6-18-15-20(4-5-21(18)24)26-13-10-23-8-11-25-12-9-23/h1-7,14-15H,8-13,16H2. The van der Waals surface area contributed by atoms with E-state index in [1.54, 1.807) is 0 Å². The second kappa shape index (κ2) is 8.25. The van der Waals surface area contributed by atoms with E-state index >= 15 is 0 Å². The molecule has 3 aromatic rings. The first kappa shape index (κ1) is 17.6. The van der Waals surface area contributed by atoms with Gasteiger partial charge in [-0.25, -0.2) is 0 Å². The summed E-state index contributed by atoms with van der Waals surface area (Å²) in [6.07, 6.45) is 2.14. The van der Waals surface area contributed by atoms with Crippen LogP contribution in [0.5, 0.6) is 5.75 Å². The first-order valence-corrected chi connectivity index (χ1v) is 9.83. The van der Waals surface area contributed by atoms with Crippen LogP contribution in [0.3, 0.4) is 0 Å². The quantitative estimate of drug-likeness (QED) is 0.605. The smallest absolute Gasteiger partial charge is 0.120 e. The van der Waals surface area contributed by atoms with Crippen LogP contribution in [-0.2, 0) is 11.3 Å². The minimum absolute atomic E-state index is 0.713. The van der Waals surface area contributed by atoms with Crippen LogP contribution in [0, 0.1) is 0 Å². The molecular formula is C21H23BrN2O2. The molecule has 0 N–H and O–H groups in total. The van der Waals surface area contributed by atoms with Crippen molar-refractivity contribution < 1.29 is 9.47 Å². The number of halogens is 1. The first-order chi connectivity index (χ1) is 12.8. The van der Waals surface area contributed by atoms with Gasteiger partial charge in [-0.05, 0) is 42.0 Å². The number of hydrogen-bond donors (Lipinski definition) is 0. The molecule has 0 bridgehead atoms. The maximum Gasteiger partial charge on any atom is 0.120 e. The van der Waals surface area contributed by atoms with Gasteiger partial charge in [-0.15, -0.1) is 0 Å². The van der Waals surface area contributed by atoms with Crippen molar-refractivity contribution in [1.29, 1.82) is 0 Å². The lowest BCUT2D eigenvalue weighted by Crippen LogP contribution is -2.38. The Labute approximate surface area is 162 Å². The maximum atomic E-state index is 5.96. The van der Waals surface area contributed by atoms with Gasteiger partial charge in [0.1, 0.15) is 12.4 Å². The minimum atomic E-state index is 0.713. The molecule has 1 aliphatic heterocycles. The SMILES string of the molecule is Brc1cccc(Cn2ccc3cc(OCCN4CCOCC4)ccc32)c1. The van der Waals surface area contributed by atoms with E-state index in [1.807, 2.05) is 0 Å². The number of ether oxygens (including phenoxy) is 2. The van der Waals surface area contributed by atoms with Gasteiger partial charge in [0.05, 0.1) is 13.2 Å². The van der Waals surface area contributed by atoms with E-state index in [-0.39, 0.29) is 0 Å². The van der Waals surface area contributed by atoms with Gasteiger partial charge in [0, 0.05) is 47.8 Å². The van der Waals surface area contributed by atoms with Crippen molar-refractivity contribution in [2.24, 2.45) is 0 Å². The Hall–Kier alpha value is -1.82. The van der Waals surface area contributed by atoms with E-state index < -0.39 is 0 Å². The molecule has 0 aliphatic carbocycles. The lowest BCUT2D eigenvalue weighted by Gasteiger charge is -2.26. The Balaban J connectivity index is 1.40. The van der Waals surface area contributed by atoms with Gasteiger partial charge in [0.2, 0.25) is 0 Å². The fourth-order valence-electron chi connectivity index (χ4n) is 3.36. The largest absolute Gasteiger partial charge is 0.492 e. The van der Waals surface area contributed by atoms with Crippen molar-refractivity contribution in [1.82, 2.24) is 9.47 Å². The fourth-order valence-corrected chi connectivity index (χ4v) is 3.80. The van der Waals surface area contributed by atoms with Crippen LogP contribution < -0.4 is 4.74 Å². The van der Waals surface area contributed by atoms with Gasteiger partial charge in [-0.3, -0.25) is 4.90 Å². The second-order valence-corrected chi connectivity index (χ2v) is 7.51. The van der Waals surface area contributed by atoms with E-state index in [2.05, 4.69) is 80.1 Å². The average Bonchev–Trinajstić information content (AvgIpc) is 3.05. The molecule has 1 fully saturated rings. The molecule has 0 saturated carbocycles. The van der Waals surface area contributed by atoms with E-state index in [9.17, 15) is 0 Å². The highest BCUT2D eigenvalue weighted by atomic mass is 79.9. The Morgan fingerprint density at radius 2 is 1.92 bits per heavy atom. The number of rotatable bonds is 6. The van der Waals surface area contributed by atoms with Crippen LogP contribution in [0.2, 0.25) is 0 Å². The van der Waals surface area contributed by atoms with Gasteiger partial charge in [0.25, 0.3) is 0 Å². The number of morpholine rings is 1. The highest BCUT2D eigenvalue weighted by Crippen LogP contribution is 2.23. The number of fused-ring (bicyclic) bond motifs is 1. The molecule has 2 aromatic carbocycles. The molecule has 136 valence electrons. The minimum Gasteiger partial charge on any atom is -0.492 e. The zero-order valence-corrected chi connectivity index (χ0v) is 16.3. The van der Waals surface area contributed by atoms with Crippen LogP contribution in [0.15, 0.2) is 59.2 Å². The molecule has 2 heterocycles. The van der Waals surface area contributed by atoms with Crippen molar-refractivity contribution in [3.05, 3.63) is 64.8 Å². The topological polar surface area (TPSA) is 26.6 Å². The zero-order valence-electron chi connectivity index (χ0n) is 14.7. The van der Waals surface area contributed by atoms with Gasteiger partial charge in [-0.2, -0.15) is 0 Å². The summed E-state index contributed by atoms with van der Waals surface area (Å²) in [4.78, 5) is 2.39. The Kier molecular flexibility index (Phi) is 5.58. The summed E-state index contributed by atoms with van der Waals surface area (Å²) >= 11 is 3.54. The molecule has 1 saturated heterocycles. The number of nitrogens with zero attached hydrogens (tertiary/aromatic N) is 2. The molecule has 1 aliphatic rings. The summed E-state index contributed by atoms with van der Waals surface area (Å²) in [5.41, 5.74) is 2.51. The van der Waals surface area contributed by atoms with Crippen molar-refractivity contribution in [3.63, 3.8) is 0 Å². The highest BCUT2D eigenvalue weighted by Gasteiger charge is 2.10. The Morgan fingerprint density at radius 3 is 2.77 bits per heavy atom. The fraction of sp³-hybridized carbons (Fsp3) is 0.333. The monoisotopic (exact) mass is 414 g/mol. The molecular weight excluding hydrogens is 392 g/mol. The number of benzene rings is 2. The predicted molar refractivity (Wildman–Crippen MR) is 108 cm³/mol. The summed E-state index contributed by atoms with van der Waals surface area (Å²) < 4.78 is 14.7. The van der Waals surface area contributed by atoms with Crippen molar-refractivity contribution >= 4 is 26.8 Å². The summed E-state index contributed by atoms with van der Waals surface area (Å²) in [6, 6.07) is 16.9. The third-order valence-corrected chi connectivity index (χ3v) is 5.26. The molecule has 0 unspecified atom stereocenters.